The highest BCUT2D eigenvalue weighted by Crippen LogP contribution is 2.39. The Bertz CT molecular complexity index is 921. The van der Waals surface area contributed by atoms with E-state index in [4.69, 9.17) is 4.74 Å². The highest BCUT2D eigenvalue weighted by atomic mass is 16.5. The van der Waals surface area contributed by atoms with E-state index in [2.05, 4.69) is 17.2 Å². The maximum atomic E-state index is 12.9. The van der Waals surface area contributed by atoms with E-state index >= 15 is 0 Å². The molecule has 2 aromatic rings. The highest BCUT2D eigenvalue weighted by molar-refractivity contribution is 5.94. The number of aromatic nitrogens is 1. The quantitative estimate of drug-likeness (QED) is 0.844. The number of ether oxygens (including phenoxy) is 1. The van der Waals surface area contributed by atoms with Crippen LogP contribution < -0.4 is 5.32 Å². The largest absolute Gasteiger partial charge is 0.370 e. The molecule has 6 nitrogen and oxygen atoms in total. The van der Waals surface area contributed by atoms with Crippen molar-refractivity contribution in [2.24, 2.45) is 0 Å². The number of aryl methyl sites for hydroxylation is 2. The van der Waals surface area contributed by atoms with E-state index in [9.17, 15) is 9.59 Å². The molecule has 1 unspecified atom stereocenters. The number of amides is 2. The number of rotatable bonds is 4. The lowest BCUT2D eigenvalue weighted by Crippen LogP contribution is -2.47. The van der Waals surface area contributed by atoms with Gasteiger partial charge in [0.05, 0.1) is 11.7 Å². The summed E-state index contributed by atoms with van der Waals surface area (Å²) in [6, 6.07) is 11.2. The van der Waals surface area contributed by atoms with Crippen molar-refractivity contribution in [3.8, 4) is 0 Å². The maximum absolute atomic E-state index is 12.9. The second-order valence-electron chi connectivity index (χ2n) is 8.48. The Morgan fingerprint density at radius 3 is 2.63 bits per heavy atom. The van der Waals surface area contributed by atoms with Gasteiger partial charge in [0.1, 0.15) is 5.69 Å². The van der Waals surface area contributed by atoms with Crippen molar-refractivity contribution in [3.63, 3.8) is 0 Å². The zero-order chi connectivity index (χ0) is 21.1. The normalized spacial score (nSPS) is 20.3. The van der Waals surface area contributed by atoms with E-state index in [-0.39, 0.29) is 23.5 Å². The third-order valence-electron chi connectivity index (χ3n) is 6.44. The summed E-state index contributed by atoms with van der Waals surface area (Å²) in [5.74, 6) is -0.0703. The van der Waals surface area contributed by atoms with E-state index in [1.165, 1.54) is 5.56 Å². The lowest BCUT2D eigenvalue weighted by Gasteiger charge is -2.39. The number of likely N-dealkylation sites (tertiary alicyclic amines) is 1. The van der Waals surface area contributed by atoms with Crippen LogP contribution >= 0.6 is 0 Å². The molecular weight excluding hydrogens is 378 g/mol. The molecule has 6 heteroatoms. The van der Waals surface area contributed by atoms with E-state index in [1.54, 1.807) is 24.4 Å². The number of nitrogens with zero attached hydrogens (tertiary/aromatic N) is 2. The molecule has 158 valence electrons. The molecule has 2 saturated heterocycles. The van der Waals surface area contributed by atoms with Crippen LogP contribution in [-0.4, -0.2) is 53.0 Å². The zero-order valence-corrected chi connectivity index (χ0v) is 17.7. The molecule has 0 saturated carbocycles. The maximum Gasteiger partial charge on any atom is 0.269 e. The van der Waals surface area contributed by atoms with Gasteiger partial charge >= 0.3 is 0 Å². The lowest BCUT2D eigenvalue weighted by molar-refractivity contribution is -0.0712. The van der Waals surface area contributed by atoms with Crippen LogP contribution in [0, 0.1) is 13.8 Å². The molecule has 0 bridgehead atoms. The standard InChI is InChI=1S/C24H29N3O3/c1-17-6-7-19(15-18(17)2)23(29)27-13-10-24(11-14-27)9-8-20(30-24)16-26-22(28)21-5-3-4-12-25-21/h3-7,12,15,20H,8-11,13-14,16H2,1-2H3,(H,26,28). The molecule has 0 radical (unpaired) electrons. The molecule has 1 aromatic heterocycles. The van der Waals surface area contributed by atoms with Crippen molar-refractivity contribution in [3.05, 3.63) is 65.0 Å². The Kier molecular flexibility index (Phi) is 5.86. The third-order valence-corrected chi connectivity index (χ3v) is 6.44. The summed E-state index contributed by atoms with van der Waals surface area (Å²) in [5, 5.41) is 2.93. The van der Waals surface area contributed by atoms with Crippen LogP contribution in [0.3, 0.4) is 0 Å². The van der Waals surface area contributed by atoms with Crippen LogP contribution in [0.15, 0.2) is 42.6 Å². The molecule has 4 rings (SSSR count). The van der Waals surface area contributed by atoms with Crippen LogP contribution in [0.1, 0.15) is 57.7 Å². The van der Waals surface area contributed by atoms with Crippen molar-refractivity contribution in [2.45, 2.75) is 51.2 Å². The Balaban J connectivity index is 1.28. The second kappa shape index (κ2) is 8.56. The second-order valence-corrected chi connectivity index (χ2v) is 8.48. The van der Waals surface area contributed by atoms with Crippen molar-refractivity contribution in [2.75, 3.05) is 19.6 Å². The van der Waals surface area contributed by atoms with Gasteiger partial charge < -0.3 is 15.0 Å². The molecular formula is C24H29N3O3. The van der Waals surface area contributed by atoms with Gasteiger partial charge in [0.2, 0.25) is 0 Å². The first-order chi connectivity index (χ1) is 14.5. The molecule has 2 fully saturated rings. The Hall–Kier alpha value is -2.73. The van der Waals surface area contributed by atoms with E-state index in [0.29, 0.717) is 25.3 Å². The van der Waals surface area contributed by atoms with Crippen molar-refractivity contribution >= 4 is 11.8 Å². The van der Waals surface area contributed by atoms with Crippen molar-refractivity contribution in [1.82, 2.24) is 15.2 Å². The summed E-state index contributed by atoms with van der Waals surface area (Å²) < 4.78 is 6.37. The Labute approximate surface area is 177 Å². The van der Waals surface area contributed by atoms with Crippen LogP contribution in [-0.2, 0) is 4.74 Å². The van der Waals surface area contributed by atoms with Gasteiger partial charge in [0, 0.05) is 31.4 Å². The summed E-state index contributed by atoms with van der Waals surface area (Å²) in [6.07, 6.45) is 5.21. The monoisotopic (exact) mass is 407 g/mol. The average molecular weight is 408 g/mol. The van der Waals surface area contributed by atoms with Crippen molar-refractivity contribution < 1.29 is 14.3 Å². The van der Waals surface area contributed by atoms with Crippen LogP contribution in [0.5, 0.6) is 0 Å². The SMILES string of the molecule is Cc1ccc(C(=O)N2CCC3(CCC(CNC(=O)c4ccccn4)O3)CC2)cc1C. The summed E-state index contributed by atoms with van der Waals surface area (Å²) >= 11 is 0. The molecule has 2 aliphatic heterocycles. The summed E-state index contributed by atoms with van der Waals surface area (Å²) in [5.41, 5.74) is 3.36. The highest BCUT2D eigenvalue weighted by Gasteiger charge is 2.43. The van der Waals surface area contributed by atoms with Gasteiger partial charge in [0.15, 0.2) is 0 Å². The number of hydrogen-bond donors (Lipinski definition) is 1. The number of hydrogen-bond acceptors (Lipinski definition) is 4. The first-order valence-electron chi connectivity index (χ1n) is 10.7. The van der Waals surface area contributed by atoms with Crippen LogP contribution in [0.25, 0.3) is 0 Å². The molecule has 1 spiro atoms. The van der Waals surface area contributed by atoms with Crippen LogP contribution in [0.2, 0.25) is 0 Å². The van der Waals surface area contributed by atoms with Gasteiger partial charge in [-0.25, -0.2) is 0 Å². The molecule has 3 heterocycles. The molecule has 1 atom stereocenters. The summed E-state index contributed by atoms with van der Waals surface area (Å²) in [4.78, 5) is 31.1. The van der Waals surface area contributed by atoms with Gasteiger partial charge in [-0.05, 0) is 74.9 Å². The number of carbonyl (C=O) groups is 2. The fourth-order valence-electron chi connectivity index (χ4n) is 4.38. The van der Waals surface area contributed by atoms with Crippen molar-refractivity contribution in [1.29, 1.82) is 0 Å². The smallest absolute Gasteiger partial charge is 0.269 e. The fourth-order valence-corrected chi connectivity index (χ4v) is 4.38. The van der Waals surface area contributed by atoms with Gasteiger partial charge in [-0.3, -0.25) is 14.6 Å². The van der Waals surface area contributed by atoms with Gasteiger partial charge in [-0.2, -0.15) is 0 Å². The number of carbonyl (C=O) groups excluding carboxylic acids is 2. The lowest BCUT2D eigenvalue weighted by atomic mass is 9.88. The van der Waals surface area contributed by atoms with Gasteiger partial charge in [-0.1, -0.05) is 12.1 Å². The molecule has 1 N–H and O–H groups in total. The number of piperidine rings is 1. The Morgan fingerprint density at radius 2 is 1.93 bits per heavy atom. The van der Waals surface area contributed by atoms with Gasteiger partial charge in [-0.15, -0.1) is 0 Å². The minimum absolute atomic E-state index is 0.0136. The van der Waals surface area contributed by atoms with E-state index in [1.807, 2.05) is 30.0 Å². The predicted molar refractivity (Wildman–Crippen MR) is 114 cm³/mol. The first kappa shape index (κ1) is 20.5. The van der Waals surface area contributed by atoms with Crippen LogP contribution in [0.4, 0.5) is 0 Å². The minimum Gasteiger partial charge on any atom is -0.370 e. The molecule has 2 amide bonds. The summed E-state index contributed by atoms with van der Waals surface area (Å²) in [7, 11) is 0. The number of pyridine rings is 1. The van der Waals surface area contributed by atoms with E-state index in [0.717, 1.165) is 36.8 Å². The number of benzene rings is 1. The third kappa shape index (κ3) is 4.38. The number of nitrogens with one attached hydrogen (secondary N) is 1. The fraction of sp³-hybridized carbons (Fsp3) is 0.458. The predicted octanol–water partition coefficient (Wildman–Crippen LogP) is 3.28. The topological polar surface area (TPSA) is 71.5 Å². The zero-order valence-electron chi connectivity index (χ0n) is 17.7. The molecule has 30 heavy (non-hydrogen) atoms. The average Bonchev–Trinajstić information content (AvgIpc) is 3.17. The summed E-state index contributed by atoms with van der Waals surface area (Å²) in [6.45, 7) is 6.00. The minimum atomic E-state index is -0.172. The van der Waals surface area contributed by atoms with Gasteiger partial charge in [0.25, 0.3) is 11.8 Å². The first-order valence-corrected chi connectivity index (χ1v) is 10.7. The van der Waals surface area contributed by atoms with E-state index < -0.39 is 0 Å². The molecule has 0 aliphatic carbocycles. The Morgan fingerprint density at radius 1 is 1.13 bits per heavy atom. The molecule has 1 aromatic carbocycles. The molecule has 2 aliphatic rings.